The maximum Gasteiger partial charge on any atom is 0.323 e. The van der Waals surface area contributed by atoms with Crippen molar-refractivity contribution in [1.82, 2.24) is 0 Å². The zero-order valence-corrected chi connectivity index (χ0v) is 12.0. The second kappa shape index (κ2) is 8.29. The number of ether oxygens (including phenoxy) is 1. The van der Waals surface area contributed by atoms with Gasteiger partial charge in [-0.25, -0.2) is 0 Å². The van der Waals surface area contributed by atoms with Crippen molar-refractivity contribution in [3.63, 3.8) is 0 Å². The maximum absolute atomic E-state index is 11.5. The Morgan fingerprint density at radius 2 is 1.56 bits per heavy atom. The van der Waals surface area contributed by atoms with Crippen LogP contribution < -0.4 is 17.2 Å². The molecule has 0 radical (unpaired) electrons. The fourth-order valence-corrected chi connectivity index (χ4v) is 1.20. The molecular formula is C11H24ClN3O3. The van der Waals surface area contributed by atoms with E-state index in [1.165, 1.54) is 0 Å². The van der Waals surface area contributed by atoms with Gasteiger partial charge in [0.15, 0.2) is 0 Å². The number of esters is 1. The molecule has 0 aliphatic carbocycles. The summed E-state index contributed by atoms with van der Waals surface area (Å²) < 4.78 is 5.12. The first-order chi connectivity index (χ1) is 7.63. The van der Waals surface area contributed by atoms with Gasteiger partial charge in [0.05, 0.1) is 6.04 Å². The summed E-state index contributed by atoms with van der Waals surface area (Å²) in [4.78, 5) is 22.2. The number of hydrogen-bond donors (Lipinski definition) is 3. The van der Waals surface area contributed by atoms with Gasteiger partial charge < -0.3 is 21.9 Å². The molecule has 0 aromatic heterocycles. The Balaban J connectivity index is 0. The van der Waals surface area contributed by atoms with Crippen LogP contribution in [0.4, 0.5) is 0 Å². The molecule has 0 saturated heterocycles. The Hall–Kier alpha value is -0.850. The first-order valence-corrected chi connectivity index (χ1v) is 5.67. The van der Waals surface area contributed by atoms with Crippen LogP contribution in [0.15, 0.2) is 0 Å². The molecule has 0 aliphatic rings. The number of carbonyl (C=O) groups excluding carboxylic acids is 2. The highest BCUT2D eigenvalue weighted by Gasteiger charge is 2.22. The molecule has 0 heterocycles. The van der Waals surface area contributed by atoms with Crippen molar-refractivity contribution in [2.75, 3.05) is 0 Å². The summed E-state index contributed by atoms with van der Waals surface area (Å²) >= 11 is 0. The van der Waals surface area contributed by atoms with Gasteiger partial charge in [0.1, 0.15) is 11.6 Å². The monoisotopic (exact) mass is 281 g/mol. The van der Waals surface area contributed by atoms with Crippen molar-refractivity contribution in [3.8, 4) is 0 Å². The fraction of sp³-hybridized carbons (Fsp3) is 0.818. The van der Waals surface area contributed by atoms with Crippen molar-refractivity contribution in [1.29, 1.82) is 0 Å². The summed E-state index contributed by atoms with van der Waals surface area (Å²) in [6.45, 7) is 5.34. The minimum Gasteiger partial charge on any atom is -0.459 e. The molecule has 1 amide bonds. The standard InChI is InChI=1S/C11H23N3O3.ClH/c1-11(2,3)17-10(16)8(13)6-4-5-7(12)9(14)15;/h7-8H,4-6,12-13H2,1-3H3,(H2,14,15);1H/t7-,8?;/m0./s1. The molecule has 0 aromatic carbocycles. The Morgan fingerprint density at radius 1 is 1.11 bits per heavy atom. The van der Waals surface area contributed by atoms with Gasteiger partial charge in [-0.15, -0.1) is 12.4 Å². The molecule has 0 rings (SSSR count). The normalized spacial score (nSPS) is 14.3. The summed E-state index contributed by atoms with van der Waals surface area (Å²) in [6, 6.07) is -1.37. The number of amides is 1. The van der Waals surface area contributed by atoms with Crippen LogP contribution >= 0.6 is 12.4 Å². The van der Waals surface area contributed by atoms with Gasteiger partial charge in [-0.2, -0.15) is 0 Å². The van der Waals surface area contributed by atoms with E-state index in [0.29, 0.717) is 19.3 Å². The van der Waals surface area contributed by atoms with Crippen molar-refractivity contribution < 1.29 is 14.3 Å². The van der Waals surface area contributed by atoms with Gasteiger partial charge in [0, 0.05) is 0 Å². The third-order valence-electron chi connectivity index (χ3n) is 2.11. The van der Waals surface area contributed by atoms with E-state index < -0.39 is 29.6 Å². The molecule has 0 aromatic rings. The average Bonchev–Trinajstić information content (AvgIpc) is 2.14. The van der Waals surface area contributed by atoms with Gasteiger partial charge in [-0.3, -0.25) is 9.59 Å². The summed E-state index contributed by atoms with van der Waals surface area (Å²) in [5.74, 6) is -0.985. The minimum absolute atomic E-state index is 0. The second-order valence-corrected chi connectivity index (χ2v) is 5.08. The van der Waals surface area contributed by atoms with Crippen LogP contribution in [-0.2, 0) is 14.3 Å². The van der Waals surface area contributed by atoms with Crippen LogP contribution in [0.1, 0.15) is 40.0 Å². The maximum atomic E-state index is 11.5. The number of carbonyl (C=O) groups is 2. The predicted molar refractivity (Wildman–Crippen MR) is 72.1 cm³/mol. The van der Waals surface area contributed by atoms with Crippen molar-refractivity contribution in [3.05, 3.63) is 0 Å². The minimum atomic E-state index is -0.686. The van der Waals surface area contributed by atoms with E-state index in [-0.39, 0.29) is 12.4 Å². The Labute approximate surface area is 114 Å². The molecule has 18 heavy (non-hydrogen) atoms. The SMILES string of the molecule is CC(C)(C)OC(=O)C(N)CCC[C@H](N)C(N)=O.Cl. The first kappa shape index (κ1) is 19.5. The summed E-state index contributed by atoms with van der Waals surface area (Å²) in [6.07, 6.45) is 1.41. The highest BCUT2D eigenvalue weighted by atomic mass is 35.5. The summed E-state index contributed by atoms with van der Waals surface area (Å²) in [7, 11) is 0. The lowest BCUT2D eigenvalue weighted by Crippen LogP contribution is -2.39. The number of halogens is 1. The van der Waals surface area contributed by atoms with E-state index in [1.54, 1.807) is 20.8 Å². The smallest absolute Gasteiger partial charge is 0.323 e. The number of hydrogen-bond acceptors (Lipinski definition) is 5. The number of nitrogens with two attached hydrogens (primary N) is 3. The van der Waals surface area contributed by atoms with Crippen LogP contribution in [0, 0.1) is 0 Å². The van der Waals surface area contributed by atoms with Crippen LogP contribution in [0.25, 0.3) is 0 Å². The van der Waals surface area contributed by atoms with Crippen LogP contribution in [-0.4, -0.2) is 29.6 Å². The van der Waals surface area contributed by atoms with Gasteiger partial charge in [0.2, 0.25) is 5.91 Å². The van der Waals surface area contributed by atoms with Crippen molar-refractivity contribution >= 4 is 24.3 Å². The number of rotatable bonds is 6. The second-order valence-electron chi connectivity index (χ2n) is 5.08. The lowest BCUT2D eigenvalue weighted by Gasteiger charge is -2.22. The zero-order valence-electron chi connectivity index (χ0n) is 11.1. The lowest BCUT2D eigenvalue weighted by molar-refractivity contribution is -0.156. The quantitative estimate of drug-likeness (QED) is 0.594. The third-order valence-corrected chi connectivity index (χ3v) is 2.11. The Kier molecular flexibility index (Phi) is 8.97. The summed E-state index contributed by atoms with van der Waals surface area (Å²) in [5, 5.41) is 0. The molecule has 1 unspecified atom stereocenters. The molecule has 7 heteroatoms. The highest BCUT2D eigenvalue weighted by molar-refractivity contribution is 5.85. The zero-order chi connectivity index (χ0) is 13.6. The van der Waals surface area contributed by atoms with E-state index in [1.807, 2.05) is 0 Å². The molecule has 0 aliphatic heterocycles. The van der Waals surface area contributed by atoms with E-state index in [4.69, 9.17) is 21.9 Å². The van der Waals surface area contributed by atoms with E-state index in [0.717, 1.165) is 0 Å². The van der Waals surface area contributed by atoms with Crippen LogP contribution in [0.2, 0.25) is 0 Å². The van der Waals surface area contributed by atoms with Gasteiger partial charge in [-0.05, 0) is 40.0 Å². The molecular weight excluding hydrogens is 258 g/mol. The topological polar surface area (TPSA) is 121 Å². The highest BCUT2D eigenvalue weighted by Crippen LogP contribution is 2.10. The van der Waals surface area contributed by atoms with Gasteiger partial charge >= 0.3 is 5.97 Å². The van der Waals surface area contributed by atoms with Crippen LogP contribution in [0.5, 0.6) is 0 Å². The lowest BCUT2D eigenvalue weighted by atomic mass is 10.1. The van der Waals surface area contributed by atoms with E-state index in [9.17, 15) is 9.59 Å². The fourth-order valence-electron chi connectivity index (χ4n) is 1.20. The Morgan fingerprint density at radius 3 is 1.94 bits per heavy atom. The molecule has 0 fully saturated rings. The van der Waals surface area contributed by atoms with Gasteiger partial charge in [0.25, 0.3) is 0 Å². The molecule has 2 atom stereocenters. The predicted octanol–water partition coefficient (Wildman–Crippen LogP) is 0.0601. The van der Waals surface area contributed by atoms with E-state index >= 15 is 0 Å². The molecule has 108 valence electrons. The van der Waals surface area contributed by atoms with E-state index in [2.05, 4.69) is 0 Å². The molecule has 6 nitrogen and oxygen atoms in total. The van der Waals surface area contributed by atoms with Crippen LogP contribution in [0.3, 0.4) is 0 Å². The largest absolute Gasteiger partial charge is 0.459 e. The number of primary amides is 1. The summed E-state index contributed by atoms with van der Waals surface area (Å²) in [5.41, 5.74) is 15.6. The molecule has 0 saturated carbocycles. The molecule has 0 spiro atoms. The third kappa shape index (κ3) is 9.21. The van der Waals surface area contributed by atoms with Crippen molar-refractivity contribution in [2.24, 2.45) is 17.2 Å². The first-order valence-electron chi connectivity index (χ1n) is 5.67. The van der Waals surface area contributed by atoms with Crippen molar-refractivity contribution in [2.45, 2.75) is 57.7 Å². The Bertz CT molecular complexity index is 279. The van der Waals surface area contributed by atoms with Gasteiger partial charge in [-0.1, -0.05) is 0 Å². The molecule has 6 N–H and O–H groups in total. The molecule has 0 bridgehead atoms. The average molecular weight is 282 g/mol.